The number of rotatable bonds is 3. The minimum Gasteiger partial charge on any atom is -0.486 e. The molecule has 2 heterocycles. The smallest absolute Gasteiger partial charge is 0.229 e. The number of halogens is 1. The van der Waals surface area contributed by atoms with E-state index in [9.17, 15) is 9.59 Å². The van der Waals surface area contributed by atoms with E-state index in [-0.39, 0.29) is 18.2 Å². The Kier molecular flexibility index (Phi) is 4.78. The highest BCUT2D eigenvalue weighted by molar-refractivity contribution is 9.10. The van der Waals surface area contributed by atoms with Crippen LogP contribution in [0.15, 0.2) is 40.9 Å². The summed E-state index contributed by atoms with van der Waals surface area (Å²) in [7, 11) is 0. The minimum absolute atomic E-state index is 0.0700. The summed E-state index contributed by atoms with van der Waals surface area (Å²) in [6, 6.07) is 11.1. The van der Waals surface area contributed by atoms with E-state index >= 15 is 0 Å². The van der Waals surface area contributed by atoms with Crippen molar-refractivity contribution in [2.24, 2.45) is 5.92 Å². The van der Waals surface area contributed by atoms with E-state index in [0.717, 1.165) is 21.4 Å². The number of anilines is 2. The van der Waals surface area contributed by atoms with Gasteiger partial charge < -0.3 is 19.7 Å². The highest BCUT2D eigenvalue weighted by atomic mass is 79.9. The molecule has 1 fully saturated rings. The summed E-state index contributed by atoms with van der Waals surface area (Å²) in [5, 5.41) is 2.94. The lowest BCUT2D eigenvalue weighted by Gasteiger charge is -2.22. The second-order valence-corrected chi connectivity index (χ2v) is 7.60. The molecular weight excluding hydrogens is 412 g/mol. The summed E-state index contributed by atoms with van der Waals surface area (Å²) < 4.78 is 12.1. The molecule has 0 radical (unpaired) electrons. The topological polar surface area (TPSA) is 67.9 Å². The Hall–Kier alpha value is -2.54. The molecule has 0 bridgehead atoms. The van der Waals surface area contributed by atoms with Crippen LogP contribution in [-0.4, -0.2) is 31.6 Å². The lowest BCUT2D eigenvalue weighted by atomic mass is 10.1. The second-order valence-electron chi connectivity index (χ2n) is 6.68. The number of nitrogens with zero attached hydrogens (tertiary/aromatic N) is 1. The zero-order valence-electron chi connectivity index (χ0n) is 14.8. The molecule has 1 atom stereocenters. The maximum atomic E-state index is 12.7. The van der Waals surface area contributed by atoms with Crippen LogP contribution in [0.4, 0.5) is 11.4 Å². The number of fused-ring (bicyclic) bond motifs is 1. The van der Waals surface area contributed by atoms with Crippen LogP contribution in [0, 0.1) is 12.8 Å². The molecule has 140 valence electrons. The Morgan fingerprint density at radius 3 is 2.70 bits per heavy atom. The fourth-order valence-electron chi connectivity index (χ4n) is 3.33. The molecule has 2 amide bonds. The number of benzene rings is 2. The molecule has 4 rings (SSSR count). The van der Waals surface area contributed by atoms with Gasteiger partial charge in [-0.25, -0.2) is 0 Å². The van der Waals surface area contributed by atoms with Gasteiger partial charge in [-0.3, -0.25) is 9.59 Å². The molecule has 0 spiro atoms. The molecule has 1 saturated heterocycles. The Bertz CT molecular complexity index is 915. The van der Waals surface area contributed by atoms with Crippen LogP contribution in [0.1, 0.15) is 12.0 Å². The first kappa shape index (κ1) is 17.9. The molecule has 0 aliphatic carbocycles. The van der Waals surface area contributed by atoms with E-state index in [1.165, 1.54) is 0 Å². The van der Waals surface area contributed by atoms with E-state index in [2.05, 4.69) is 21.2 Å². The van der Waals surface area contributed by atoms with Crippen molar-refractivity contribution in [2.75, 3.05) is 30.0 Å². The third-order valence-electron chi connectivity index (χ3n) is 4.78. The molecule has 7 heteroatoms. The number of carbonyl (C=O) groups is 2. The largest absolute Gasteiger partial charge is 0.486 e. The fraction of sp³-hybridized carbons (Fsp3) is 0.300. The molecule has 6 nitrogen and oxygen atoms in total. The van der Waals surface area contributed by atoms with Gasteiger partial charge in [-0.2, -0.15) is 0 Å². The Balaban J connectivity index is 1.48. The third kappa shape index (κ3) is 3.64. The molecule has 2 aromatic rings. The maximum Gasteiger partial charge on any atom is 0.229 e. The number of carbonyl (C=O) groups excluding carboxylic acids is 2. The molecule has 0 aromatic heterocycles. The van der Waals surface area contributed by atoms with Crippen molar-refractivity contribution < 1.29 is 19.1 Å². The summed E-state index contributed by atoms with van der Waals surface area (Å²) in [6.45, 7) is 3.29. The molecule has 2 aromatic carbocycles. The summed E-state index contributed by atoms with van der Waals surface area (Å²) in [4.78, 5) is 26.8. The fourth-order valence-corrected chi connectivity index (χ4v) is 3.81. The lowest BCUT2D eigenvalue weighted by molar-refractivity contribution is -0.122. The van der Waals surface area contributed by atoms with Crippen molar-refractivity contribution >= 4 is 39.1 Å². The quantitative estimate of drug-likeness (QED) is 0.808. The minimum atomic E-state index is -0.395. The van der Waals surface area contributed by atoms with Crippen molar-refractivity contribution in [3.05, 3.63) is 46.4 Å². The van der Waals surface area contributed by atoms with Gasteiger partial charge in [-0.15, -0.1) is 0 Å². The van der Waals surface area contributed by atoms with Crippen molar-refractivity contribution in [3.8, 4) is 11.5 Å². The first-order chi connectivity index (χ1) is 13.0. The van der Waals surface area contributed by atoms with Gasteiger partial charge in [-0.05, 0) is 42.8 Å². The van der Waals surface area contributed by atoms with Crippen LogP contribution in [0.25, 0.3) is 0 Å². The predicted molar refractivity (Wildman–Crippen MR) is 105 cm³/mol. The van der Waals surface area contributed by atoms with Crippen LogP contribution in [0.5, 0.6) is 11.5 Å². The monoisotopic (exact) mass is 430 g/mol. The first-order valence-electron chi connectivity index (χ1n) is 8.78. The van der Waals surface area contributed by atoms with E-state index in [1.54, 1.807) is 17.0 Å². The maximum absolute atomic E-state index is 12.7. The summed E-state index contributed by atoms with van der Waals surface area (Å²) in [6.07, 6.45) is 0.190. The molecule has 0 unspecified atom stereocenters. The number of nitrogens with one attached hydrogen (secondary N) is 1. The summed E-state index contributed by atoms with van der Waals surface area (Å²) >= 11 is 3.41. The number of hydrogen-bond acceptors (Lipinski definition) is 4. The number of amides is 2. The van der Waals surface area contributed by atoms with Crippen molar-refractivity contribution in [1.29, 1.82) is 0 Å². The van der Waals surface area contributed by atoms with E-state index < -0.39 is 5.92 Å². The first-order valence-corrected chi connectivity index (χ1v) is 9.57. The van der Waals surface area contributed by atoms with Crippen LogP contribution in [-0.2, 0) is 9.59 Å². The van der Waals surface area contributed by atoms with Crippen LogP contribution in [0.2, 0.25) is 0 Å². The number of hydrogen-bond donors (Lipinski definition) is 1. The molecule has 0 saturated carbocycles. The number of aryl methyl sites for hydroxylation is 1. The summed E-state index contributed by atoms with van der Waals surface area (Å²) in [5.74, 6) is 0.698. The SMILES string of the molecule is Cc1cc(Br)ccc1NC(=O)[C@H]1CC(=O)N(c2ccc3c(c2)OCCO3)C1. The van der Waals surface area contributed by atoms with Crippen molar-refractivity contribution in [2.45, 2.75) is 13.3 Å². The average molecular weight is 431 g/mol. The Morgan fingerprint density at radius 1 is 1.15 bits per heavy atom. The predicted octanol–water partition coefficient (Wildman–Crippen LogP) is 3.52. The highest BCUT2D eigenvalue weighted by Gasteiger charge is 2.35. The van der Waals surface area contributed by atoms with Gasteiger partial charge in [0.1, 0.15) is 13.2 Å². The van der Waals surface area contributed by atoms with Crippen LogP contribution in [0.3, 0.4) is 0 Å². The zero-order valence-corrected chi connectivity index (χ0v) is 16.4. The van der Waals surface area contributed by atoms with Crippen LogP contribution < -0.4 is 19.7 Å². The number of ether oxygens (including phenoxy) is 2. The third-order valence-corrected chi connectivity index (χ3v) is 5.27. The average Bonchev–Trinajstić information content (AvgIpc) is 3.05. The standard InChI is InChI=1S/C20H19BrN2O4/c1-12-8-14(21)2-4-16(12)22-20(25)13-9-19(24)23(11-13)15-3-5-17-18(10-15)27-7-6-26-17/h2-5,8,10,13H,6-7,9,11H2,1H3,(H,22,25)/t13-/m0/s1. The van der Waals surface area contributed by atoms with Gasteiger partial charge in [0.2, 0.25) is 11.8 Å². The van der Waals surface area contributed by atoms with Crippen molar-refractivity contribution in [1.82, 2.24) is 0 Å². The van der Waals surface area contributed by atoms with Gasteiger partial charge in [0.25, 0.3) is 0 Å². The summed E-state index contributed by atoms with van der Waals surface area (Å²) in [5.41, 5.74) is 2.44. The van der Waals surface area contributed by atoms with Crippen LogP contribution >= 0.6 is 15.9 Å². The Labute approximate surface area is 165 Å². The van der Waals surface area contributed by atoms with E-state index in [4.69, 9.17) is 9.47 Å². The van der Waals surface area contributed by atoms with Gasteiger partial charge >= 0.3 is 0 Å². The molecule has 1 N–H and O–H groups in total. The normalized spacial score (nSPS) is 18.5. The van der Waals surface area contributed by atoms with Gasteiger partial charge in [-0.1, -0.05) is 15.9 Å². The molecule has 2 aliphatic heterocycles. The van der Waals surface area contributed by atoms with Crippen molar-refractivity contribution in [3.63, 3.8) is 0 Å². The highest BCUT2D eigenvalue weighted by Crippen LogP contribution is 2.36. The van der Waals surface area contributed by atoms with Gasteiger partial charge in [0, 0.05) is 34.9 Å². The molecule has 27 heavy (non-hydrogen) atoms. The zero-order chi connectivity index (χ0) is 19.0. The second kappa shape index (κ2) is 7.23. The molecule has 2 aliphatic rings. The van der Waals surface area contributed by atoms with Gasteiger partial charge in [0.15, 0.2) is 11.5 Å². The molecular formula is C20H19BrN2O4. The lowest BCUT2D eigenvalue weighted by Crippen LogP contribution is -2.28. The van der Waals surface area contributed by atoms with Gasteiger partial charge in [0.05, 0.1) is 5.92 Å². The van der Waals surface area contributed by atoms with E-state index in [0.29, 0.717) is 31.3 Å². The van der Waals surface area contributed by atoms with E-state index in [1.807, 2.05) is 31.2 Å². The Morgan fingerprint density at radius 2 is 1.93 bits per heavy atom.